The average Bonchev–Trinajstić information content (AvgIpc) is 2.72. The molecule has 8 nitrogen and oxygen atoms in total. The summed E-state index contributed by atoms with van der Waals surface area (Å²) in [4.78, 5) is 25.3. The van der Waals surface area contributed by atoms with Crippen molar-refractivity contribution in [3.05, 3.63) is 27.2 Å². The highest BCUT2D eigenvalue weighted by atomic mass is 79.9. The number of carbonyl (C=O) groups excluding carboxylic acids is 2. The average molecular weight is 576 g/mol. The summed E-state index contributed by atoms with van der Waals surface area (Å²) >= 11 is 9.89. The van der Waals surface area contributed by atoms with Crippen molar-refractivity contribution in [3.8, 4) is 0 Å². The molecule has 5 N–H and O–H groups in total. The molecule has 2 atom stereocenters. The van der Waals surface area contributed by atoms with Crippen molar-refractivity contribution in [2.24, 2.45) is 28.9 Å². The number of amides is 2. The number of aryl methyl sites for hydroxylation is 1. The van der Waals surface area contributed by atoms with E-state index in [0.717, 1.165) is 42.1 Å². The lowest BCUT2D eigenvalue weighted by atomic mass is 9.47. The van der Waals surface area contributed by atoms with Gasteiger partial charge in [0, 0.05) is 29.0 Å². The summed E-state index contributed by atoms with van der Waals surface area (Å²) in [6.45, 7) is 2.61. The normalized spacial score (nSPS) is 35.3. The SMILES string of the molecule is Cc1cc(Br)cc(Cl)c1N1CCCN(CC(=O)NC2C3CC4CC2CC(C(N)=O)(C4)C3)S1(O)O. The van der Waals surface area contributed by atoms with Crippen molar-refractivity contribution in [1.29, 1.82) is 0 Å². The highest BCUT2D eigenvalue weighted by Crippen LogP contribution is 2.60. The van der Waals surface area contributed by atoms with Crippen LogP contribution in [-0.4, -0.2) is 50.9 Å². The minimum atomic E-state index is -3.41. The lowest BCUT2D eigenvalue weighted by Gasteiger charge is -2.59. The first kappa shape index (κ1) is 24.6. The maximum atomic E-state index is 13.1. The van der Waals surface area contributed by atoms with Crippen molar-refractivity contribution < 1.29 is 18.7 Å². The lowest BCUT2D eigenvalue weighted by molar-refractivity contribution is -0.147. The molecule has 5 aliphatic rings. The number of halogens is 2. The summed E-state index contributed by atoms with van der Waals surface area (Å²) < 4.78 is 26.2. The third-order valence-electron chi connectivity index (χ3n) is 8.32. The summed E-state index contributed by atoms with van der Waals surface area (Å²) in [5, 5.41) is 3.62. The minimum absolute atomic E-state index is 0.0161. The Hall–Kier alpha value is -1.04. The van der Waals surface area contributed by atoms with E-state index in [1.54, 1.807) is 6.07 Å². The Morgan fingerprint density at radius 2 is 1.91 bits per heavy atom. The first-order valence-electron chi connectivity index (χ1n) is 11.9. The fourth-order valence-corrected chi connectivity index (χ4v) is 10.1. The van der Waals surface area contributed by atoms with E-state index in [4.69, 9.17) is 17.3 Å². The molecule has 1 aromatic rings. The number of nitrogens with zero attached hydrogens (tertiary/aromatic N) is 2. The van der Waals surface area contributed by atoms with Gasteiger partial charge in [0.1, 0.15) is 0 Å². The number of hydrogen-bond donors (Lipinski definition) is 4. The largest absolute Gasteiger partial charge is 0.369 e. The molecule has 1 aliphatic heterocycles. The predicted molar refractivity (Wildman–Crippen MR) is 137 cm³/mol. The third-order valence-corrected chi connectivity index (χ3v) is 11.0. The second kappa shape index (κ2) is 8.81. The van der Waals surface area contributed by atoms with Crippen LogP contribution in [0.2, 0.25) is 5.02 Å². The number of anilines is 1. The third kappa shape index (κ3) is 4.14. The summed E-state index contributed by atoms with van der Waals surface area (Å²) in [7, 11) is -3.41. The highest BCUT2D eigenvalue weighted by Gasteiger charge is 2.58. The van der Waals surface area contributed by atoms with Gasteiger partial charge in [-0.3, -0.25) is 23.0 Å². The van der Waals surface area contributed by atoms with E-state index in [2.05, 4.69) is 21.2 Å². The zero-order chi connectivity index (χ0) is 24.4. The van der Waals surface area contributed by atoms with Gasteiger partial charge in [-0.2, -0.15) is 4.31 Å². The fourth-order valence-electron chi connectivity index (χ4n) is 7.14. The van der Waals surface area contributed by atoms with Crippen LogP contribution in [-0.2, 0) is 9.59 Å². The number of benzene rings is 1. The predicted octanol–water partition coefficient (Wildman–Crippen LogP) is 4.30. The molecule has 6 rings (SSSR count). The molecule has 0 spiro atoms. The van der Waals surface area contributed by atoms with Crippen LogP contribution in [0.1, 0.15) is 44.1 Å². The second-order valence-corrected chi connectivity index (χ2v) is 13.8. The maximum Gasteiger partial charge on any atom is 0.236 e. The maximum absolute atomic E-state index is 13.1. The molecule has 11 heteroatoms. The smallest absolute Gasteiger partial charge is 0.236 e. The molecule has 0 radical (unpaired) electrons. The van der Waals surface area contributed by atoms with Gasteiger partial charge in [-0.15, -0.1) is 0 Å². The van der Waals surface area contributed by atoms with Crippen molar-refractivity contribution >= 4 is 56.0 Å². The van der Waals surface area contributed by atoms with E-state index in [1.165, 1.54) is 8.61 Å². The summed E-state index contributed by atoms with van der Waals surface area (Å²) in [6, 6.07) is 3.63. The molecule has 2 amide bonds. The molecule has 5 fully saturated rings. The molecule has 2 unspecified atom stereocenters. The number of nitrogens with two attached hydrogens (primary N) is 1. The number of rotatable bonds is 5. The number of carbonyl (C=O) groups is 2. The van der Waals surface area contributed by atoms with E-state index in [9.17, 15) is 18.7 Å². The van der Waals surface area contributed by atoms with Gasteiger partial charge in [-0.05, 0) is 91.9 Å². The molecule has 188 valence electrons. The van der Waals surface area contributed by atoms with E-state index in [1.807, 2.05) is 13.0 Å². The zero-order valence-corrected chi connectivity index (χ0v) is 22.3. The standard InChI is InChI=1S/C23H32BrClN4O4S/c1-13-5-17(24)8-18(25)21(13)29-4-2-3-28(34(29,32)33)12-19(30)27-20-15-6-14-7-16(20)11-23(9-14,10-15)22(26)31/h5,8,14-16,20,32-33H,2-4,6-7,9-12H2,1H3,(H2,26,31)(H,27,30). The Morgan fingerprint density at radius 1 is 1.24 bits per heavy atom. The first-order valence-corrected chi connectivity index (χ1v) is 14.5. The van der Waals surface area contributed by atoms with Gasteiger partial charge in [-0.1, -0.05) is 27.5 Å². The van der Waals surface area contributed by atoms with Gasteiger partial charge < -0.3 is 11.1 Å². The lowest BCUT2D eigenvalue weighted by Crippen LogP contribution is -2.62. The molecule has 4 saturated carbocycles. The second-order valence-electron chi connectivity index (χ2n) is 10.6. The van der Waals surface area contributed by atoms with Crippen LogP contribution in [0.3, 0.4) is 0 Å². The molecule has 4 bridgehead atoms. The van der Waals surface area contributed by atoms with E-state index in [-0.39, 0.29) is 36.2 Å². The minimum Gasteiger partial charge on any atom is -0.369 e. The summed E-state index contributed by atoms with van der Waals surface area (Å²) in [6.07, 6.45) is 5.09. The molecule has 1 saturated heterocycles. The Kier molecular flexibility index (Phi) is 6.39. The monoisotopic (exact) mass is 574 g/mol. The quantitative estimate of drug-likeness (QED) is 0.416. The van der Waals surface area contributed by atoms with Gasteiger partial charge in [0.2, 0.25) is 11.8 Å². The number of hydrogen-bond acceptors (Lipinski definition) is 6. The molecule has 34 heavy (non-hydrogen) atoms. The fraction of sp³-hybridized carbons (Fsp3) is 0.652. The summed E-state index contributed by atoms with van der Waals surface area (Å²) in [5.74, 6) is 0.613. The van der Waals surface area contributed by atoms with Crippen molar-refractivity contribution in [1.82, 2.24) is 9.62 Å². The number of nitrogens with one attached hydrogen (secondary N) is 1. The van der Waals surface area contributed by atoms with Crippen molar-refractivity contribution in [2.45, 2.75) is 51.5 Å². The molecular formula is C23H32BrClN4O4S. The van der Waals surface area contributed by atoms with E-state index < -0.39 is 16.4 Å². The Labute approximate surface area is 215 Å². The molecule has 0 aromatic heterocycles. The van der Waals surface area contributed by atoms with E-state index >= 15 is 0 Å². The number of primary amides is 1. The Balaban J connectivity index is 1.29. The highest BCUT2D eigenvalue weighted by molar-refractivity contribution is 9.10. The van der Waals surface area contributed by atoms with Gasteiger partial charge in [0.05, 0.1) is 17.3 Å². The van der Waals surface area contributed by atoms with Crippen LogP contribution in [0.15, 0.2) is 16.6 Å². The van der Waals surface area contributed by atoms with Crippen molar-refractivity contribution in [2.75, 3.05) is 23.9 Å². The van der Waals surface area contributed by atoms with Crippen LogP contribution in [0.25, 0.3) is 0 Å². The van der Waals surface area contributed by atoms with Crippen LogP contribution in [0.4, 0.5) is 5.69 Å². The molecule has 1 heterocycles. The van der Waals surface area contributed by atoms with Gasteiger partial charge in [-0.25, -0.2) is 0 Å². The van der Waals surface area contributed by atoms with Gasteiger partial charge in [0.15, 0.2) is 0 Å². The molecule has 4 aliphatic carbocycles. The van der Waals surface area contributed by atoms with Crippen LogP contribution in [0, 0.1) is 30.1 Å². The zero-order valence-electron chi connectivity index (χ0n) is 19.2. The Morgan fingerprint density at radius 3 is 2.53 bits per heavy atom. The first-order chi connectivity index (χ1) is 16.0. The Bertz CT molecular complexity index is 988. The van der Waals surface area contributed by atoms with Crippen molar-refractivity contribution in [3.63, 3.8) is 0 Å². The van der Waals surface area contributed by atoms with Crippen LogP contribution in [0.5, 0.6) is 0 Å². The summed E-state index contributed by atoms with van der Waals surface area (Å²) in [5.41, 5.74) is 6.78. The van der Waals surface area contributed by atoms with Crippen LogP contribution < -0.4 is 15.4 Å². The van der Waals surface area contributed by atoms with Gasteiger partial charge >= 0.3 is 0 Å². The molecular weight excluding hydrogens is 544 g/mol. The van der Waals surface area contributed by atoms with E-state index in [0.29, 0.717) is 36.1 Å². The topological polar surface area (TPSA) is 119 Å². The van der Waals surface area contributed by atoms with Gasteiger partial charge in [0.25, 0.3) is 0 Å². The molecule has 1 aromatic carbocycles. The van der Waals surface area contributed by atoms with Crippen LogP contribution >= 0.6 is 38.5 Å².